The molecule has 0 aliphatic carbocycles. The Morgan fingerprint density at radius 1 is 0.635 bits per heavy atom. The van der Waals surface area contributed by atoms with Crippen LogP contribution in [-0.4, -0.2) is 77.4 Å². The molecular formula is C57H59Cl2F7N10O9. The smallest absolute Gasteiger partial charge is 0.437 e. The van der Waals surface area contributed by atoms with Gasteiger partial charge in [0.15, 0.2) is 23.2 Å². The molecule has 0 spiro atoms. The van der Waals surface area contributed by atoms with E-state index in [0.29, 0.717) is 72.2 Å². The molecule has 0 aliphatic heterocycles. The molecule has 2 aromatic carbocycles. The monoisotopic (exact) mass is 1230 g/mol. The number of benzene rings is 2. The predicted octanol–water partition coefficient (Wildman–Crippen LogP) is 14.0. The zero-order chi connectivity index (χ0) is 64.2. The fourth-order valence-corrected chi connectivity index (χ4v) is 8.26. The Kier molecular flexibility index (Phi) is 21.6. The summed E-state index contributed by atoms with van der Waals surface area (Å²) in [6, 6.07) is 16.8. The molecule has 6 N–H and O–H groups in total. The highest BCUT2D eigenvalue weighted by molar-refractivity contribution is 6.31. The van der Waals surface area contributed by atoms with Gasteiger partial charge in [0.25, 0.3) is 5.91 Å². The summed E-state index contributed by atoms with van der Waals surface area (Å²) in [4.78, 5) is 71.2. The van der Waals surface area contributed by atoms with Gasteiger partial charge in [-0.05, 0) is 151 Å². The van der Waals surface area contributed by atoms with Gasteiger partial charge in [-0.2, -0.15) is 26.3 Å². The summed E-state index contributed by atoms with van der Waals surface area (Å²) in [5.41, 5.74) is 8.45. The summed E-state index contributed by atoms with van der Waals surface area (Å²) < 4.78 is 116. The lowest BCUT2D eigenvalue weighted by atomic mass is 10.1. The van der Waals surface area contributed by atoms with Gasteiger partial charge in [-0.15, -0.1) is 0 Å². The number of pyridine rings is 4. The number of hydrogen-bond donors (Lipinski definition) is 5. The number of halogens is 9. The summed E-state index contributed by atoms with van der Waals surface area (Å²) in [6.07, 6.45) is -8.23. The maximum atomic E-state index is 13.8. The number of alkyl halides is 7. The molecule has 0 unspecified atom stereocenters. The topological polar surface area (TPSA) is 273 Å². The normalized spacial score (nSPS) is 11.7. The summed E-state index contributed by atoms with van der Waals surface area (Å²) in [7, 11) is -1.00. The quantitative estimate of drug-likeness (QED) is 0.0753. The maximum Gasteiger partial charge on any atom is 0.437 e. The van der Waals surface area contributed by atoms with Crippen molar-refractivity contribution in [3.8, 4) is 0 Å². The van der Waals surface area contributed by atoms with Crippen LogP contribution in [0.25, 0.3) is 21.8 Å². The molecule has 0 bridgehead atoms. The molecule has 0 saturated heterocycles. The van der Waals surface area contributed by atoms with Crippen LogP contribution in [0.1, 0.15) is 132 Å². The molecule has 8 rings (SSSR count). The molecule has 0 saturated carbocycles. The number of anilines is 2. The maximum absolute atomic E-state index is 13.8. The second-order valence-electron chi connectivity index (χ2n) is 20.5. The average molecular weight is 1230 g/mol. The first-order valence-electron chi connectivity index (χ1n) is 25.9. The Bertz CT molecular complexity index is 3710. The van der Waals surface area contributed by atoms with Crippen molar-refractivity contribution in [1.82, 2.24) is 35.2 Å². The number of hydrogen-bond acceptors (Lipinski definition) is 15. The second-order valence-corrected chi connectivity index (χ2v) is 21.4. The van der Waals surface area contributed by atoms with E-state index in [0.717, 1.165) is 16.8 Å². The van der Waals surface area contributed by atoms with Crippen molar-refractivity contribution >= 4 is 80.7 Å². The zero-order valence-corrected chi connectivity index (χ0v) is 48.9. The van der Waals surface area contributed by atoms with Crippen LogP contribution < -0.4 is 21.7 Å². The first-order chi connectivity index (χ1) is 40.0. The number of aromatic carboxylic acids is 1. The molecule has 6 heterocycles. The minimum absolute atomic E-state index is 0.0902. The van der Waals surface area contributed by atoms with Crippen LogP contribution in [0.4, 0.5) is 52.0 Å². The lowest BCUT2D eigenvalue weighted by Gasteiger charge is -2.20. The van der Waals surface area contributed by atoms with Crippen LogP contribution in [0.15, 0.2) is 81.9 Å². The number of rotatable bonds is 11. The molecule has 0 aliphatic rings. The van der Waals surface area contributed by atoms with Crippen LogP contribution in [0.2, 0.25) is 10.0 Å². The SMILES string of the molecule is Cc1cc(NC(=O)OC(C)(C)C)nc(C)c1CN.Cc1cc(NC(=O)OC(C)(C)C)nc(C)c1CNC(=O)c1oc(Cc2ccc3ncc(Cl)cc3c2)nc1C(F)(F)F.O=C(O)c1oc(Cc2ccc3ncc(Cl)cc3c2)nc1C(F)(F)F.[2H]CF. The fraction of sp³-hybridized carbons (Fsp3) is 0.333. The van der Waals surface area contributed by atoms with Crippen LogP contribution in [0.5, 0.6) is 0 Å². The van der Waals surface area contributed by atoms with Crippen LogP contribution in [-0.2, 0) is 47.8 Å². The number of aromatic nitrogens is 6. The minimum atomic E-state index is -4.92. The van der Waals surface area contributed by atoms with Gasteiger partial charge in [0.1, 0.15) is 22.8 Å². The van der Waals surface area contributed by atoms with Crippen molar-refractivity contribution < 1.29 is 74.7 Å². The summed E-state index contributed by atoms with van der Waals surface area (Å²) >= 11 is 11.9. The van der Waals surface area contributed by atoms with Crippen molar-refractivity contribution in [3.05, 3.63) is 163 Å². The predicted molar refractivity (Wildman–Crippen MR) is 302 cm³/mol. The highest BCUT2D eigenvalue weighted by Gasteiger charge is 2.42. The lowest BCUT2D eigenvalue weighted by Crippen LogP contribution is -2.28. The van der Waals surface area contributed by atoms with Crippen LogP contribution in [0.3, 0.4) is 0 Å². The second kappa shape index (κ2) is 27.9. The van der Waals surface area contributed by atoms with Gasteiger partial charge in [-0.1, -0.05) is 35.3 Å². The van der Waals surface area contributed by atoms with Crippen LogP contribution in [0, 0.1) is 27.7 Å². The van der Waals surface area contributed by atoms with E-state index in [1.165, 1.54) is 12.4 Å². The van der Waals surface area contributed by atoms with Crippen molar-refractivity contribution in [2.75, 3.05) is 17.8 Å². The number of aryl methyl sites for hydroxylation is 4. The van der Waals surface area contributed by atoms with E-state index < -0.39 is 77.7 Å². The van der Waals surface area contributed by atoms with Gasteiger partial charge in [0.05, 0.1) is 29.6 Å². The van der Waals surface area contributed by atoms with E-state index in [-0.39, 0.29) is 37.0 Å². The molecule has 28 heteroatoms. The Labute approximate surface area is 493 Å². The zero-order valence-electron chi connectivity index (χ0n) is 48.3. The molecule has 0 fully saturated rings. The van der Waals surface area contributed by atoms with Crippen molar-refractivity contribution in [2.24, 2.45) is 5.73 Å². The molecule has 19 nitrogen and oxygen atoms in total. The first-order valence-corrected chi connectivity index (χ1v) is 26.0. The van der Waals surface area contributed by atoms with E-state index in [4.69, 9.17) is 53.7 Å². The highest BCUT2D eigenvalue weighted by Crippen LogP contribution is 2.34. The van der Waals surface area contributed by atoms with Crippen molar-refractivity contribution in [3.63, 3.8) is 0 Å². The van der Waals surface area contributed by atoms with E-state index >= 15 is 0 Å². The van der Waals surface area contributed by atoms with Gasteiger partial charge < -0.3 is 34.5 Å². The minimum Gasteiger partial charge on any atom is -0.475 e. The summed E-state index contributed by atoms with van der Waals surface area (Å²) in [5, 5.41) is 18.7. The number of oxazole rings is 2. The average Bonchev–Trinajstić information content (AvgIpc) is 2.01. The fourth-order valence-electron chi connectivity index (χ4n) is 7.93. The summed E-state index contributed by atoms with van der Waals surface area (Å²) in [5.74, 6) is -4.97. The van der Waals surface area contributed by atoms with Crippen molar-refractivity contribution in [1.29, 1.82) is 0 Å². The Balaban J connectivity index is 0.000000253. The van der Waals surface area contributed by atoms with Gasteiger partial charge in [-0.3, -0.25) is 29.8 Å². The molecule has 3 amide bonds. The number of carbonyl (C=O) groups is 4. The van der Waals surface area contributed by atoms with Gasteiger partial charge in [0.2, 0.25) is 11.5 Å². The molecule has 8 aromatic rings. The van der Waals surface area contributed by atoms with Gasteiger partial charge in [-0.25, -0.2) is 34.3 Å². The molecule has 0 radical (unpaired) electrons. The van der Waals surface area contributed by atoms with Crippen molar-refractivity contribution in [2.45, 2.75) is 119 Å². The lowest BCUT2D eigenvalue weighted by molar-refractivity contribution is -0.142. The Morgan fingerprint density at radius 3 is 1.40 bits per heavy atom. The number of nitrogens with two attached hydrogens (primary N) is 1. The Hall–Kier alpha value is -8.49. The molecule has 6 aromatic heterocycles. The Morgan fingerprint density at radius 2 is 1.04 bits per heavy atom. The van der Waals surface area contributed by atoms with Crippen LogP contribution >= 0.6 is 23.2 Å². The number of nitrogens with one attached hydrogen (secondary N) is 3. The number of carboxylic acid groups (broad SMARTS) is 1. The highest BCUT2D eigenvalue weighted by atomic mass is 35.5. The van der Waals surface area contributed by atoms with E-state index in [2.05, 4.69) is 45.9 Å². The first kappa shape index (κ1) is 65.7. The van der Waals surface area contributed by atoms with Gasteiger partial charge >= 0.3 is 30.5 Å². The number of ether oxygens (including phenoxy) is 2. The summed E-state index contributed by atoms with van der Waals surface area (Å²) in [6.45, 7) is 18.1. The molecular weight excluding hydrogens is 1170 g/mol. The standard InChI is InChI=1S/C28H27ClF3N5O4.C15H8ClF3N2O3.C13H21N3O2.CH3F/c1-14-8-21(36-26(39)41-27(3,4)5)35-15(2)19(14)13-34-25(38)23-24(28(30,31)32)37-22(40-23)10-16-6-7-20-17(9-16)11-18(29)12-33-20;16-9-5-8-3-7(1-2-10(8)20-6-9)4-11-21-13(15(17,18)19)12(24-11)14(22)23;1-8-6-11(15-9(2)10(8)7-14)16-12(17)18-13(3,4)5;1-2/h6-9,11-12H,10,13H2,1-5H3,(H,34,38)(H,35,36,39);1-3,5-6H,4H2,(H,22,23);6H,7,14H2,1-5H3,(H,15,16,17);1H3/i;;;1D. The third-order valence-corrected chi connectivity index (χ3v) is 11.8. The number of carbonyl (C=O) groups excluding carboxylic acids is 3. The third-order valence-electron chi connectivity index (χ3n) is 11.4. The number of amides is 3. The molecule has 0 atom stereocenters. The number of fused-ring (bicyclic) bond motifs is 2. The van der Waals surface area contributed by atoms with E-state index in [1.807, 2.05) is 34.6 Å². The third kappa shape index (κ3) is 19.5. The molecule has 454 valence electrons. The van der Waals surface area contributed by atoms with E-state index in [1.54, 1.807) is 95.3 Å². The number of nitrogens with zero attached hydrogens (tertiary/aromatic N) is 6. The largest absolute Gasteiger partial charge is 0.475 e. The van der Waals surface area contributed by atoms with E-state index in [9.17, 15) is 49.9 Å². The number of carboxylic acids is 1. The van der Waals surface area contributed by atoms with Gasteiger partial charge in [0, 0.05) is 60.5 Å². The molecule has 85 heavy (non-hydrogen) atoms.